The van der Waals surface area contributed by atoms with Gasteiger partial charge in [0.25, 0.3) is 0 Å². The lowest BCUT2D eigenvalue weighted by Gasteiger charge is -2.12. The number of carbonyl (C=O) groups is 1. The monoisotopic (exact) mass is 336 g/mol. The Hall–Kier alpha value is -1.88. The average molecular weight is 337 g/mol. The summed E-state index contributed by atoms with van der Waals surface area (Å²) in [4.78, 5) is 11.3. The molecule has 2 aromatic rings. The highest BCUT2D eigenvalue weighted by atomic mass is 79.9. The van der Waals surface area contributed by atoms with Crippen LogP contribution in [0.3, 0.4) is 0 Å². The third-order valence-corrected chi connectivity index (χ3v) is 3.58. The van der Waals surface area contributed by atoms with Crippen LogP contribution in [0.1, 0.15) is 21.5 Å². The zero-order valence-electron chi connectivity index (χ0n) is 10.9. The summed E-state index contributed by atoms with van der Waals surface area (Å²) in [7, 11) is 0. The van der Waals surface area contributed by atoms with Crippen molar-refractivity contribution in [3.05, 3.63) is 63.4 Å². The molecule has 0 saturated heterocycles. The maximum atomic E-state index is 13.7. The summed E-state index contributed by atoms with van der Waals surface area (Å²) in [6.45, 7) is 2.14. The molecule has 0 saturated carbocycles. The van der Waals surface area contributed by atoms with Gasteiger partial charge in [0.05, 0.1) is 0 Å². The lowest BCUT2D eigenvalue weighted by atomic mass is 10.1. The fourth-order valence-electron chi connectivity index (χ4n) is 1.95. The first-order valence-corrected chi connectivity index (χ1v) is 6.85. The third kappa shape index (κ3) is 3.17. The van der Waals surface area contributed by atoms with Gasteiger partial charge in [0, 0.05) is 27.8 Å². The highest BCUT2D eigenvalue weighted by Crippen LogP contribution is 2.21. The number of halogens is 2. The minimum atomic E-state index is -0.471. The van der Waals surface area contributed by atoms with Gasteiger partial charge in [-0.15, -0.1) is 0 Å². The average Bonchev–Trinajstić information content (AvgIpc) is 2.39. The van der Waals surface area contributed by atoms with Crippen molar-refractivity contribution >= 4 is 27.5 Å². The van der Waals surface area contributed by atoms with Gasteiger partial charge in [0.1, 0.15) is 5.82 Å². The molecule has 0 spiro atoms. The van der Waals surface area contributed by atoms with Crippen molar-refractivity contribution < 1.29 is 9.18 Å². The van der Waals surface area contributed by atoms with Crippen molar-refractivity contribution in [1.82, 2.24) is 0 Å². The molecule has 3 nitrogen and oxygen atoms in total. The van der Waals surface area contributed by atoms with Crippen LogP contribution in [0.5, 0.6) is 0 Å². The zero-order valence-corrected chi connectivity index (χ0v) is 12.5. The summed E-state index contributed by atoms with van der Waals surface area (Å²) < 4.78 is 14.4. The highest BCUT2D eigenvalue weighted by Gasteiger charge is 2.09. The highest BCUT2D eigenvalue weighted by molar-refractivity contribution is 9.10. The minimum absolute atomic E-state index is 0.282. The topological polar surface area (TPSA) is 55.1 Å². The summed E-state index contributed by atoms with van der Waals surface area (Å²) in [5.41, 5.74) is 7.85. The molecule has 0 aliphatic carbocycles. The van der Waals surface area contributed by atoms with E-state index in [1.807, 2.05) is 6.07 Å². The first-order chi connectivity index (χ1) is 9.49. The minimum Gasteiger partial charge on any atom is -0.381 e. The molecule has 5 heteroatoms. The summed E-state index contributed by atoms with van der Waals surface area (Å²) in [6.07, 6.45) is 0. The number of hydrogen-bond donors (Lipinski definition) is 2. The van der Waals surface area contributed by atoms with Crippen LogP contribution in [0, 0.1) is 12.7 Å². The van der Waals surface area contributed by atoms with Crippen LogP contribution in [-0.4, -0.2) is 5.91 Å². The van der Waals surface area contributed by atoms with E-state index in [4.69, 9.17) is 5.73 Å². The zero-order chi connectivity index (χ0) is 14.7. The van der Waals surface area contributed by atoms with Crippen molar-refractivity contribution in [3.63, 3.8) is 0 Å². The second-order valence-corrected chi connectivity index (χ2v) is 5.35. The van der Waals surface area contributed by atoms with E-state index in [1.54, 1.807) is 31.2 Å². The lowest BCUT2D eigenvalue weighted by molar-refractivity contribution is 0.1000. The second kappa shape index (κ2) is 6.05. The van der Waals surface area contributed by atoms with Crippen LogP contribution in [0.2, 0.25) is 0 Å². The molecule has 20 heavy (non-hydrogen) atoms. The van der Waals surface area contributed by atoms with E-state index in [2.05, 4.69) is 21.2 Å². The Balaban J connectivity index is 2.19. The van der Waals surface area contributed by atoms with Gasteiger partial charge in [-0.25, -0.2) is 4.39 Å². The first kappa shape index (κ1) is 14.5. The normalized spacial score (nSPS) is 10.3. The summed E-state index contributed by atoms with van der Waals surface area (Å²) in [6, 6.07) is 10.2. The Morgan fingerprint density at radius 2 is 2.10 bits per heavy atom. The third-order valence-electron chi connectivity index (χ3n) is 3.08. The predicted molar refractivity (Wildman–Crippen MR) is 81.1 cm³/mol. The molecule has 1 amide bonds. The molecule has 2 aromatic carbocycles. The molecule has 0 aliphatic rings. The van der Waals surface area contributed by atoms with Crippen LogP contribution in [0.25, 0.3) is 0 Å². The molecule has 3 N–H and O–H groups in total. The van der Waals surface area contributed by atoms with Crippen LogP contribution in [0.4, 0.5) is 10.1 Å². The molecule has 0 bridgehead atoms. The Morgan fingerprint density at radius 1 is 1.35 bits per heavy atom. The number of anilines is 1. The Morgan fingerprint density at radius 3 is 2.75 bits per heavy atom. The van der Waals surface area contributed by atoms with E-state index in [0.29, 0.717) is 22.1 Å². The number of hydrogen-bond acceptors (Lipinski definition) is 2. The van der Waals surface area contributed by atoms with Crippen molar-refractivity contribution in [2.75, 3.05) is 5.32 Å². The molecule has 0 aliphatic heterocycles. The van der Waals surface area contributed by atoms with Crippen LogP contribution in [-0.2, 0) is 6.54 Å². The van der Waals surface area contributed by atoms with Gasteiger partial charge in [0.2, 0.25) is 5.91 Å². The summed E-state index contributed by atoms with van der Waals surface area (Å²) in [5, 5.41) is 3.12. The quantitative estimate of drug-likeness (QED) is 0.896. The number of carbonyl (C=O) groups excluding carboxylic acids is 1. The Bertz CT molecular complexity index is 658. The van der Waals surface area contributed by atoms with Gasteiger partial charge < -0.3 is 11.1 Å². The number of nitrogens with one attached hydrogen (secondary N) is 1. The number of amides is 1. The van der Waals surface area contributed by atoms with Crippen molar-refractivity contribution in [3.8, 4) is 0 Å². The van der Waals surface area contributed by atoms with Gasteiger partial charge >= 0.3 is 0 Å². The van der Waals surface area contributed by atoms with Gasteiger partial charge in [-0.3, -0.25) is 4.79 Å². The van der Waals surface area contributed by atoms with E-state index < -0.39 is 5.91 Å². The second-order valence-electron chi connectivity index (χ2n) is 4.43. The predicted octanol–water partition coefficient (Wildman–Crippen LogP) is 3.61. The maximum absolute atomic E-state index is 13.7. The summed E-state index contributed by atoms with van der Waals surface area (Å²) in [5.74, 6) is -0.753. The van der Waals surface area contributed by atoms with E-state index >= 15 is 0 Å². The number of rotatable bonds is 4. The fraction of sp³-hybridized carbons (Fsp3) is 0.133. The van der Waals surface area contributed by atoms with Crippen LogP contribution in [0.15, 0.2) is 40.9 Å². The van der Waals surface area contributed by atoms with E-state index in [1.165, 1.54) is 6.07 Å². The van der Waals surface area contributed by atoms with Crippen LogP contribution < -0.4 is 11.1 Å². The van der Waals surface area contributed by atoms with Crippen molar-refractivity contribution in [1.29, 1.82) is 0 Å². The molecule has 0 atom stereocenters. The molecular formula is C15H14BrFN2O. The van der Waals surface area contributed by atoms with Crippen molar-refractivity contribution in [2.24, 2.45) is 5.73 Å². The number of nitrogens with two attached hydrogens (primary N) is 1. The smallest absolute Gasteiger partial charge is 0.249 e. The van der Waals surface area contributed by atoms with Crippen LogP contribution >= 0.6 is 15.9 Å². The molecule has 104 valence electrons. The van der Waals surface area contributed by atoms with Gasteiger partial charge in [-0.1, -0.05) is 28.1 Å². The largest absolute Gasteiger partial charge is 0.381 e. The molecule has 0 radical (unpaired) electrons. The fourth-order valence-corrected chi connectivity index (χ4v) is 2.28. The molecule has 0 fully saturated rings. The Kier molecular flexibility index (Phi) is 4.39. The first-order valence-electron chi connectivity index (χ1n) is 6.06. The maximum Gasteiger partial charge on any atom is 0.249 e. The standard InChI is InChI=1S/C15H14BrFN2O/c1-9-12(15(18)20)3-2-4-14(9)19-8-10-5-6-11(16)7-13(10)17/h2-7,19H,8H2,1H3,(H2,18,20). The van der Waals surface area contributed by atoms with Crippen molar-refractivity contribution in [2.45, 2.75) is 13.5 Å². The van der Waals surface area contributed by atoms with Gasteiger partial charge in [0.15, 0.2) is 0 Å². The molecule has 2 rings (SSSR count). The van der Waals surface area contributed by atoms with E-state index in [-0.39, 0.29) is 5.82 Å². The number of primary amides is 1. The van der Waals surface area contributed by atoms with Gasteiger partial charge in [-0.05, 0) is 36.8 Å². The van der Waals surface area contributed by atoms with E-state index in [9.17, 15) is 9.18 Å². The lowest BCUT2D eigenvalue weighted by Crippen LogP contribution is -2.14. The molecule has 0 unspecified atom stereocenters. The Labute approximate surface area is 125 Å². The summed E-state index contributed by atoms with van der Waals surface area (Å²) >= 11 is 3.22. The molecule has 0 heterocycles. The molecule has 0 aromatic heterocycles. The number of benzene rings is 2. The SMILES string of the molecule is Cc1c(NCc2ccc(Br)cc2F)cccc1C(N)=O. The molecular weight excluding hydrogens is 323 g/mol. The van der Waals surface area contributed by atoms with E-state index in [0.717, 1.165) is 11.3 Å². The van der Waals surface area contributed by atoms with Gasteiger partial charge in [-0.2, -0.15) is 0 Å².